The number of unbranched alkanes of at least 4 members (excludes halogenated alkanes) is 9. The quantitative estimate of drug-likeness (QED) is 0.0153. The lowest BCUT2D eigenvalue weighted by atomic mass is 9.85. The average Bonchev–Trinajstić information content (AvgIpc) is 3.24. The van der Waals surface area contributed by atoms with Crippen molar-refractivity contribution in [1.82, 2.24) is 0 Å². The number of allylic oxidation sites excluding steroid dienone is 14. The van der Waals surface area contributed by atoms with Crippen molar-refractivity contribution in [3.63, 3.8) is 0 Å². The van der Waals surface area contributed by atoms with Crippen molar-refractivity contribution in [2.24, 2.45) is 0 Å². The van der Waals surface area contributed by atoms with Crippen molar-refractivity contribution in [2.45, 2.75) is 185 Å². The van der Waals surface area contributed by atoms with Crippen LogP contribution in [0.3, 0.4) is 0 Å². The molecule has 0 aromatic heterocycles. The number of ether oxygens (including phenoxy) is 2. The van der Waals surface area contributed by atoms with Crippen molar-refractivity contribution >= 4 is 19.8 Å². The Hall–Kier alpha value is -2.97. The molecule has 0 radical (unpaired) electrons. The van der Waals surface area contributed by atoms with Gasteiger partial charge in [0.05, 0.1) is 6.61 Å². The molecule has 0 saturated heterocycles. The lowest BCUT2D eigenvalue weighted by Gasteiger charge is -2.41. The van der Waals surface area contributed by atoms with E-state index in [-0.39, 0.29) is 12.8 Å². The summed E-state index contributed by atoms with van der Waals surface area (Å²) in [6, 6.07) is 0. The van der Waals surface area contributed by atoms with E-state index in [4.69, 9.17) is 18.5 Å². The first-order valence-corrected chi connectivity index (χ1v) is 23.9. The van der Waals surface area contributed by atoms with Crippen molar-refractivity contribution in [2.75, 3.05) is 13.2 Å². The third-order valence-electron chi connectivity index (χ3n) is 9.72. The molecule has 1 aliphatic carbocycles. The van der Waals surface area contributed by atoms with Crippen LogP contribution >= 0.6 is 7.82 Å². The van der Waals surface area contributed by atoms with Gasteiger partial charge in [0.25, 0.3) is 0 Å². The van der Waals surface area contributed by atoms with Gasteiger partial charge in [0.2, 0.25) is 0 Å². The van der Waals surface area contributed by atoms with Gasteiger partial charge in [-0.1, -0.05) is 131 Å². The lowest BCUT2D eigenvalue weighted by molar-refractivity contribution is -0.220. The van der Waals surface area contributed by atoms with Crippen LogP contribution in [-0.4, -0.2) is 98.3 Å². The van der Waals surface area contributed by atoms with Gasteiger partial charge in [-0.25, -0.2) is 4.57 Å². The Kier molecular flexibility index (Phi) is 33.5. The van der Waals surface area contributed by atoms with Gasteiger partial charge in [0.1, 0.15) is 43.2 Å². The highest BCUT2D eigenvalue weighted by atomic mass is 31.2. The molecular formula is C47H77O13P. The second-order valence-corrected chi connectivity index (χ2v) is 16.6. The molecule has 1 fully saturated rings. The summed E-state index contributed by atoms with van der Waals surface area (Å²) in [6.07, 6.45) is 33.6. The van der Waals surface area contributed by atoms with E-state index in [1.165, 1.54) is 19.3 Å². The molecule has 0 amide bonds. The maximum absolute atomic E-state index is 12.8. The Morgan fingerprint density at radius 2 is 0.951 bits per heavy atom. The number of rotatable bonds is 35. The molecule has 6 atom stereocenters. The monoisotopic (exact) mass is 881 g/mol. The van der Waals surface area contributed by atoms with Crippen LogP contribution in [0.25, 0.3) is 0 Å². The molecule has 1 rings (SSSR count). The summed E-state index contributed by atoms with van der Waals surface area (Å²) in [5.41, 5.74) is 0. The third-order valence-corrected chi connectivity index (χ3v) is 10.7. The molecule has 61 heavy (non-hydrogen) atoms. The molecule has 0 aliphatic heterocycles. The fraction of sp³-hybridized carbons (Fsp3) is 0.660. The number of hydrogen-bond donors (Lipinski definition) is 6. The number of aliphatic hydroxyl groups excluding tert-OH is 5. The molecular weight excluding hydrogens is 803 g/mol. The molecule has 0 aromatic carbocycles. The summed E-state index contributed by atoms with van der Waals surface area (Å²) in [5, 5.41) is 50.1. The van der Waals surface area contributed by atoms with E-state index in [1.54, 1.807) is 0 Å². The number of esters is 2. The highest BCUT2D eigenvalue weighted by Crippen LogP contribution is 2.47. The molecule has 14 heteroatoms. The van der Waals surface area contributed by atoms with Gasteiger partial charge < -0.3 is 39.9 Å². The normalized spacial score (nSPS) is 22.8. The van der Waals surface area contributed by atoms with E-state index in [0.29, 0.717) is 19.3 Å². The van der Waals surface area contributed by atoms with Gasteiger partial charge in [-0.15, -0.1) is 0 Å². The summed E-state index contributed by atoms with van der Waals surface area (Å²) in [7, 11) is -5.14. The van der Waals surface area contributed by atoms with Gasteiger partial charge in [-0.3, -0.25) is 18.6 Å². The minimum Gasteiger partial charge on any atom is -0.462 e. The van der Waals surface area contributed by atoms with Gasteiger partial charge in [-0.05, 0) is 83.5 Å². The van der Waals surface area contributed by atoms with Gasteiger partial charge in [0, 0.05) is 12.8 Å². The number of phosphoric ester groups is 1. The number of hydrogen-bond acceptors (Lipinski definition) is 12. The van der Waals surface area contributed by atoms with Crippen LogP contribution in [0, 0.1) is 0 Å². The SMILES string of the molecule is CC/C=C\C/C=C\C/C=C\C/C=C\C/C=C\CCCC(=O)OC(COC(=O)CCCCCCC/C=C\C/C=C\CCCCC)COP(=O)(O)OC1C(O)C(O)C(O)C(O)C1O. The summed E-state index contributed by atoms with van der Waals surface area (Å²) in [6.45, 7) is 3.08. The zero-order chi connectivity index (χ0) is 45.0. The van der Waals surface area contributed by atoms with Gasteiger partial charge in [0.15, 0.2) is 6.10 Å². The van der Waals surface area contributed by atoms with Crippen molar-refractivity contribution in [3.05, 3.63) is 85.1 Å². The molecule has 6 N–H and O–H groups in total. The Morgan fingerprint density at radius 1 is 0.525 bits per heavy atom. The molecule has 1 saturated carbocycles. The second kappa shape index (κ2) is 36.5. The predicted octanol–water partition coefficient (Wildman–Crippen LogP) is 8.50. The average molecular weight is 881 g/mol. The van der Waals surface area contributed by atoms with Crippen LogP contribution < -0.4 is 0 Å². The fourth-order valence-corrected chi connectivity index (χ4v) is 7.09. The van der Waals surface area contributed by atoms with E-state index in [2.05, 4.69) is 86.8 Å². The molecule has 1 aliphatic rings. The molecule has 348 valence electrons. The molecule has 0 aromatic rings. The van der Waals surface area contributed by atoms with Crippen molar-refractivity contribution < 1.29 is 63.1 Å². The van der Waals surface area contributed by atoms with E-state index < -0.39 is 75.7 Å². The maximum Gasteiger partial charge on any atom is 0.472 e. The molecule has 0 heterocycles. The highest BCUT2D eigenvalue weighted by Gasteiger charge is 2.51. The highest BCUT2D eigenvalue weighted by molar-refractivity contribution is 7.47. The Balaban J connectivity index is 2.54. The van der Waals surface area contributed by atoms with E-state index in [9.17, 15) is 44.6 Å². The summed E-state index contributed by atoms with van der Waals surface area (Å²) < 4.78 is 33.4. The van der Waals surface area contributed by atoms with Gasteiger partial charge >= 0.3 is 19.8 Å². The van der Waals surface area contributed by atoms with Crippen molar-refractivity contribution in [1.29, 1.82) is 0 Å². The van der Waals surface area contributed by atoms with Crippen LogP contribution in [0.15, 0.2) is 85.1 Å². The summed E-state index contributed by atoms with van der Waals surface area (Å²) >= 11 is 0. The first-order valence-electron chi connectivity index (χ1n) is 22.4. The summed E-state index contributed by atoms with van der Waals surface area (Å²) in [4.78, 5) is 35.6. The number of aliphatic hydroxyl groups is 5. The maximum atomic E-state index is 12.8. The molecule has 6 unspecified atom stereocenters. The summed E-state index contributed by atoms with van der Waals surface area (Å²) in [5.74, 6) is -1.19. The van der Waals surface area contributed by atoms with Crippen LogP contribution in [-0.2, 0) is 32.7 Å². The standard InChI is InChI=1S/C47H77O13P/c1-3-5-7-9-11-13-15-17-19-20-22-24-26-28-30-32-34-36-41(49)59-39(38-58-61(55,56)60-47-45(53)43(51)42(50)44(52)46(47)54)37-57-40(48)35-33-31-29-27-25-23-21-18-16-14-12-10-8-6-4-2/h5,7,11-14,17-19,21-22,24,28,30,39,42-47,50-54H,3-4,6,8-10,15-16,20,23,25-27,29,31-38H2,1-2H3,(H,55,56)/b7-5-,13-11-,14-12-,19-17-,21-18-,24-22-,30-28-. The topological polar surface area (TPSA) is 210 Å². The molecule has 0 bridgehead atoms. The smallest absolute Gasteiger partial charge is 0.462 e. The van der Waals surface area contributed by atoms with Crippen LogP contribution in [0.2, 0.25) is 0 Å². The molecule has 0 spiro atoms. The van der Waals surface area contributed by atoms with E-state index in [0.717, 1.165) is 77.0 Å². The first kappa shape index (κ1) is 56.0. The van der Waals surface area contributed by atoms with Gasteiger partial charge in [-0.2, -0.15) is 0 Å². The van der Waals surface area contributed by atoms with E-state index in [1.807, 2.05) is 12.2 Å². The Bertz CT molecular complexity index is 1390. The number of carbonyl (C=O) groups is 2. The zero-order valence-electron chi connectivity index (χ0n) is 36.7. The minimum atomic E-state index is -5.14. The Labute approximate surface area is 365 Å². The third kappa shape index (κ3) is 29.1. The Morgan fingerprint density at radius 3 is 1.48 bits per heavy atom. The van der Waals surface area contributed by atoms with Crippen molar-refractivity contribution in [3.8, 4) is 0 Å². The van der Waals surface area contributed by atoms with Crippen LogP contribution in [0.5, 0.6) is 0 Å². The number of carbonyl (C=O) groups excluding carboxylic acids is 2. The molecule has 13 nitrogen and oxygen atoms in total. The zero-order valence-corrected chi connectivity index (χ0v) is 37.6. The van der Waals surface area contributed by atoms with Crippen LogP contribution in [0.1, 0.15) is 142 Å². The predicted molar refractivity (Wildman–Crippen MR) is 239 cm³/mol. The second-order valence-electron chi connectivity index (χ2n) is 15.2. The fourth-order valence-electron chi connectivity index (χ4n) is 6.12. The first-order chi connectivity index (χ1) is 29.4. The number of phosphoric acid groups is 1. The largest absolute Gasteiger partial charge is 0.472 e. The minimum absolute atomic E-state index is 0.0105. The lowest BCUT2D eigenvalue weighted by Crippen LogP contribution is -2.64. The van der Waals surface area contributed by atoms with Crippen LogP contribution in [0.4, 0.5) is 0 Å². The van der Waals surface area contributed by atoms with E-state index >= 15 is 0 Å².